The molecule has 0 bridgehead atoms. The zero-order chi connectivity index (χ0) is 13.8. The molecule has 2 N–H and O–H groups in total. The second kappa shape index (κ2) is 5.03. The molecule has 1 heterocycles. The Balaban J connectivity index is 2.35. The zero-order valence-electron chi connectivity index (χ0n) is 9.59. The highest BCUT2D eigenvalue weighted by atomic mass is 19.1. The lowest BCUT2D eigenvalue weighted by Crippen LogP contribution is -1.95. The summed E-state index contributed by atoms with van der Waals surface area (Å²) >= 11 is 0. The Labute approximate surface area is 108 Å². The van der Waals surface area contributed by atoms with Crippen LogP contribution in [-0.4, -0.2) is 4.98 Å². The molecule has 0 aliphatic heterocycles. The largest absolute Gasteiger partial charge is 0.438 e. The topological polar surface area (TPSA) is 95.7 Å². The van der Waals surface area contributed by atoms with Gasteiger partial charge in [-0.25, -0.2) is 9.37 Å². The summed E-state index contributed by atoms with van der Waals surface area (Å²) in [5, 5.41) is 17.5. The van der Waals surface area contributed by atoms with Gasteiger partial charge in [-0.05, 0) is 18.2 Å². The van der Waals surface area contributed by atoms with Crippen LogP contribution in [0.2, 0.25) is 0 Å². The Morgan fingerprint density at radius 2 is 1.89 bits per heavy atom. The minimum absolute atomic E-state index is 0.0285. The van der Waals surface area contributed by atoms with E-state index >= 15 is 0 Å². The van der Waals surface area contributed by atoms with Crippen LogP contribution >= 0.6 is 0 Å². The van der Waals surface area contributed by atoms with Crippen molar-refractivity contribution in [1.29, 1.82) is 10.5 Å². The van der Waals surface area contributed by atoms with E-state index < -0.39 is 5.82 Å². The van der Waals surface area contributed by atoms with Crippen LogP contribution in [0.5, 0.6) is 11.6 Å². The number of nitrogen functional groups attached to an aromatic ring is 1. The minimum atomic E-state index is -0.700. The third kappa shape index (κ3) is 2.59. The summed E-state index contributed by atoms with van der Waals surface area (Å²) in [6, 6.07) is 8.74. The molecule has 0 atom stereocenters. The van der Waals surface area contributed by atoms with Gasteiger partial charge in [0.05, 0.1) is 17.4 Å². The van der Waals surface area contributed by atoms with Gasteiger partial charge in [-0.2, -0.15) is 10.5 Å². The second-order valence-electron chi connectivity index (χ2n) is 3.59. The van der Waals surface area contributed by atoms with Crippen molar-refractivity contribution in [3.63, 3.8) is 0 Å². The lowest BCUT2D eigenvalue weighted by atomic mass is 10.2. The van der Waals surface area contributed by atoms with E-state index in [0.29, 0.717) is 5.69 Å². The fourth-order valence-corrected chi connectivity index (χ4v) is 1.39. The van der Waals surface area contributed by atoms with Gasteiger partial charge in [0.1, 0.15) is 29.3 Å². The summed E-state index contributed by atoms with van der Waals surface area (Å²) in [6.07, 6.45) is 1.33. The molecule has 0 aliphatic rings. The molecule has 0 fully saturated rings. The fraction of sp³-hybridized carbons (Fsp3) is 0. The Bertz CT molecular complexity index is 716. The van der Waals surface area contributed by atoms with E-state index in [1.54, 1.807) is 6.07 Å². The SMILES string of the molecule is N#Cc1ccc(Oc2ncc(N)cc2C#N)cc1F. The Kier molecular flexibility index (Phi) is 3.26. The first-order valence-electron chi connectivity index (χ1n) is 5.17. The van der Waals surface area contributed by atoms with Crippen molar-refractivity contribution in [2.75, 3.05) is 5.73 Å². The molecule has 19 heavy (non-hydrogen) atoms. The number of hydrogen-bond acceptors (Lipinski definition) is 5. The van der Waals surface area contributed by atoms with E-state index in [0.717, 1.165) is 6.07 Å². The molecular weight excluding hydrogens is 247 g/mol. The van der Waals surface area contributed by atoms with Gasteiger partial charge in [0.25, 0.3) is 0 Å². The van der Waals surface area contributed by atoms with Crippen molar-refractivity contribution >= 4 is 5.69 Å². The smallest absolute Gasteiger partial charge is 0.237 e. The van der Waals surface area contributed by atoms with E-state index in [4.69, 9.17) is 21.0 Å². The van der Waals surface area contributed by atoms with Crippen molar-refractivity contribution < 1.29 is 9.13 Å². The number of pyridine rings is 1. The van der Waals surface area contributed by atoms with Gasteiger partial charge >= 0.3 is 0 Å². The number of nitrogens with zero attached hydrogens (tertiary/aromatic N) is 3. The number of nitriles is 2. The van der Waals surface area contributed by atoms with Crippen LogP contribution < -0.4 is 10.5 Å². The molecule has 0 saturated carbocycles. The molecule has 2 aromatic rings. The van der Waals surface area contributed by atoms with Crippen molar-refractivity contribution in [1.82, 2.24) is 4.98 Å². The number of aromatic nitrogens is 1. The molecular formula is C13H7FN4O. The maximum absolute atomic E-state index is 13.4. The summed E-state index contributed by atoms with van der Waals surface area (Å²) < 4.78 is 18.7. The van der Waals surface area contributed by atoms with Gasteiger partial charge in [0.15, 0.2) is 0 Å². The summed E-state index contributed by atoms with van der Waals surface area (Å²) in [6.45, 7) is 0. The maximum atomic E-state index is 13.4. The fourth-order valence-electron chi connectivity index (χ4n) is 1.39. The highest BCUT2D eigenvalue weighted by Gasteiger charge is 2.09. The number of ether oxygens (including phenoxy) is 1. The van der Waals surface area contributed by atoms with Crippen LogP contribution in [0.4, 0.5) is 10.1 Å². The quantitative estimate of drug-likeness (QED) is 0.887. The summed E-state index contributed by atoms with van der Waals surface area (Å²) in [5.41, 5.74) is 5.88. The van der Waals surface area contributed by atoms with Gasteiger partial charge in [-0.1, -0.05) is 0 Å². The predicted octanol–water partition coefficient (Wildman–Crippen LogP) is 2.34. The predicted molar refractivity (Wildman–Crippen MR) is 64.6 cm³/mol. The van der Waals surface area contributed by atoms with E-state index in [-0.39, 0.29) is 22.8 Å². The standard InChI is InChI=1S/C13H7FN4O/c14-12-4-11(2-1-8(12)5-15)19-13-9(6-16)3-10(17)7-18-13/h1-4,7H,17H2. The van der Waals surface area contributed by atoms with Crippen molar-refractivity contribution in [3.8, 4) is 23.8 Å². The summed E-state index contributed by atoms with van der Waals surface area (Å²) in [4.78, 5) is 3.86. The van der Waals surface area contributed by atoms with Crippen LogP contribution in [0, 0.1) is 28.5 Å². The van der Waals surface area contributed by atoms with Crippen LogP contribution in [0.1, 0.15) is 11.1 Å². The molecule has 92 valence electrons. The number of rotatable bonds is 2. The Morgan fingerprint density at radius 3 is 2.53 bits per heavy atom. The van der Waals surface area contributed by atoms with E-state index in [2.05, 4.69) is 4.98 Å². The third-order valence-corrected chi connectivity index (χ3v) is 2.27. The number of anilines is 1. The Morgan fingerprint density at radius 1 is 1.16 bits per heavy atom. The molecule has 1 aromatic heterocycles. The molecule has 6 heteroatoms. The van der Waals surface area contributed by atoms with Gasteiger partial charge < -0.3 is 10.5 Å². The minimum Gasteiger partial charge on any atom is -0.438 e. The second-order valence-corrected chi connectivity index (χ2v) is 3.59. The normalized spacial score (nSPS) is 9.42. The molecule has 0 radical (unpaired) electrons. The monoisotopic (exact) mass is 254 g/mol. The summed E-state index contributed by atoms with van der Waals surface area (Å²) in [5.74, 6) is -0.528. The number of hydrogen-bond donors (Lipinski definition) is 1. The lowest BCUT2D eigenvalue weighted by molar-refractivity contribution is 0.456. The van der Waals surface area contributed by atoms with Crippen LogP contribution in [0.15, 0.2) is 30.5 Å². The molecule has 0 amide bonds. The zero-order valence-corrected chi connectivity index (χ0v) is 9.59. The van der Waals surface area contributed by atoms with Crippen LogP contribution in [0.25, 0.3) is 0 Å². The molecule has 0 spiro atoms. The maximum Gasteiger partial charge on any atom is 0.237 e. The van der Waals surface area contributed by atoms with Gasteiger partial charge in [0, 0.05) is 6.07 Å². The van der Waals surface area contributed by atoms with E-state index in [1.807, 2.05) is 6.07 Å². The van der Waals surface area contributed by atoms with Gasteiger partial charge in [-0.15, -0.1) is 0 Å². The first-order valence-corrected chi connectivity index (χ1v) is 5.17. The third-order valence-electron chi connectivity index (χ3n) is 2.27. The van der Waals surface area contributed by atoms with Crippen LogP contribution in [0.3, 0.4) is 0 Å². The van der Waals surface area contributed by atoms with Crippen molar-refractivity contribution in [2.45, 2.75) is 0 Å². The molecule has 0 aliphatic carbocycles. The first-order chi connectivity index (χ1) is 9.13. The van der Waals surface area contributed by atoms with Crippen molar-refractivity contribution in [3.05, 3.63) is 47.4 Å². The molecule has 0 unspecified atom stereocenters. The molecule has 0 saturated heterocycles. The molecule has 2 rings (SSSR count). The van der Waals surface area contributed by atoms with Gasteiger partial charge in [-0.3, -0.25) is 0 Å². The van der Waals surface area contributed by atoms with Crippen LogP contribution in [-0.2, 0) is 0 Å². The number of benzene rings is 1. The average Bonchev–Trinajstić information content (AvgIpc) is 2.41. The Hall–Kier alpha value is -3.12. The summed E-state index contributed by atoms with van der Waals surface area (Å²) in [7, 11) is 0. The number of halogens is 1. The van der Waals surface area contributed by atoms with Gasteiger partial charge in [0.2, 0.25) is 5.88 Å². The molecule has 5 nitrogen and oxygen atoms in total. The molecule has 1 aromatic carbocycles. The van der Waals surface area contributed by atoms with E-state index in [1.165, 1.54) is 24.4 Å². The highest BCUT2D eigenvalue weighted by Crippen LogP contribution is 2.25. The lowest BCUT2D eigenvalue weighted by Gasteiger charge is -2.07. The number of nitrogens with two attached hydrogens (primary N) is 1. The average molecular weight is 254 g/mol. The highest BCUT2D eigenvalue weighted by molar-refractivity contribution is 5.49. The first kappa shape index (κ1) is 12.3. The van der Waals surface area contributed by atoms with Crippen molar-refractivity contribution in [2.24, 2.45) is 0 Å². The van der Waals surface area contributed by atoms with E-state index in [9.17, 15) is 4.39 Å².